The minimum absolute atomic E-state index is 0.178. The van der Waals surface area contributed by atoms with Crippen molar-refractivity contribution in [3.63, 3.8) is 0 Å². The van der Waals surface area contributed by atoms with Crippen molar-refractivity contribution in [2.24, 2.45) is 0 Å². The van der Waals surface area contributed by atoms with Gasteiger partial charge in [0.05, 0.1) is 16.4 Å². The van der Waals surface area contributed by atoms with Gasteiger partial charge in [-0.3, -0.25) is 9.69 Å². The molecule has 5 nitrogen and oxygen atoms in total. The molecule has 0 atom stereocenters. The molecule has 1 aliphatic rings. The van der Waals surface area contributed by atoms with Crippen molar-refractivity contribution in [2.75, 3.05) is 37.7 Å². The van der Waals surface area contributed by atoms with Crippen molar-refractivity contribution >= 4 is 27.1 Å². The van der Waals surface area contributed by atoms with E-state index in [-0.39, 0.29) is 23.2 Å². The summed E-state index contributed by atoms with van der Waals surface area (Å²) in [6, 6.07) is 9.91. The fourth-order valence-electron chi connectivity index (χ4n) is 2.65. The monoisotopic (exact) mass is 382 g/mol. The standard InChI is InChI=1S/C17H19FN2O3S2/c18-14-4-2-1-3-13(14)15-5-6-16(24-15)17(21)19-7-8-20-9-11-25(22,23)12-10-20/h1-6H,7-12H2,(H,19,21). The second-order valence-corrected chi connectivity index (χ2v) is 9.28. The molecule has 0 aliphatic carbocycles. The summed E-state index contributed by atoms with van der Waals surface area (Å²) in [6.45, 7) is 2.09. The summed E-state index contributed by atoms with van der Waals surface area (Å²) in [5.41, 5.74) is 0.487. The number of rotatable bonds is 5. The molecule has 1 aromatic heterocycles. The van der Waals surface area contributed by atoms with Crippen LogP contribution in [0.3, 0.4) is 0 Å². The molecule has 134 valence electrons. The molecule has 1 saturated heterocycles. The van der Waals surface area contributed by atoms with Gasteiger partial charge in [-0.25, -0.2) is 12.8 Å². The first kappa shape index (κ1) is 18.0. The number of amides is 1. The Balaban J connectivity index is 1.52. The van der Waals surface area contributed by atoms with Crippen molar-refractivity contribution in [3.05, 3.63) is 47.1 Å². The number of benzene rings is 1. The van der Waals surface area contributed by atoms with Crippen LogP contribution in [0.4, 0.5) is 4.39 Å². The van der Waals surface area contributed by atoms with E-state index in [1.807, 2.05) is 4.90 Å². The molecule has 25 heavy (non-hydrogen) atoms. The number of halogens is 1. The lowest BCUT2D eigenvalue weighted by Crippen LogP contribution is -2.43. The topological polar surface area (TPSA) is 66.5 Å². The average Bonchev–Trinajstić information content (AvgIpc) is 3.06. The summed E-state index contributed by atoms with van der Waals surface area (Å²) in [5.74, 6) is -0.149. The molecule has 0 unspecified atom stereocenters. The summed E-state index contributed by atoms with van der Waals surface area (Å²) in [4.78, 5) is 15.5. The van der Waals surface area contributed by atoms with E-state index in [0.717, 1.165) is 0 Å². The molecule has 1 amide bonds. The van der Waals surface area contributed by atoms with Crippen LogP contribution in [0.5, 0.6) is 0 Å². The first-order chi connectivity index (χ1) is 11.9. The first-order valence-electron chi connectivity index (χ1n) is 8.00. The Hall–Kier alpha value is -1.77. The quantitative estimate of drug-likeness (QED) is 0.859. The van der Waals surface area contributed by atoms with Gasteiger partial charge in [-0.15, -0.1) is 11.3 Å². The van der Waals surface area contributed by atoms with Gasteiger partial charge in [0.25, 0.3) is 5.91 Å². The molecule has 3 rings (SSSR count). The van der Waals surface area contributed by atoms with Crippen LogP contribution in [-0.2, 0) is 9.84 Å². The second kappa shape index (κ2) is 7.63. The van der Waals surface area contributed by atoms with Crippen LogP contribution < -0.4 is 5.32 Å². The number of nitrogens with one attached hydrogen (secondary N) is 1. The van der Waals surface area contributed by atoms with E-state index >= 15 is 0 Å². The van der Waals surface area contributed by atoms with Crippen LogP contribution in [0.15, 0.2) is 36.4 Å². The summed E-state index contributed by atoms with van der Waals surface area (Å²) in [6.07, 6.45) is 0. The number of nitrogens with zero attached hydrogens (tertiary/aromatic N) is 1. The van der Waals surface area contributed by atoms with Crippen molar-refractivity contribution < 1.29 is 17.6 Å². The molecular weight excluding hydrogens is 363 g/mol. The third-order valence-electron chi connectivity index (χ3n) is 4.12. The Labute approximate surface area is 150 Å². The highest BCUT2D eigenvalue weighted by Gasteiger charge is 2.21. The van der Waals surface area contributed by atoms with Gasteiger partial charge in [0.15, 0.2) is 9.84 Å². The van der Waals surface area contributed by atoms with Crippen LogP contribution in [0.2, 0.25) is 0 Å². The molecule has 8 heteroatoms. The van der Waals surface area contributed by atoms with Crippen LogP contribution in [0.25, 0.3) is 10.4 Å². The second-order valence-electron chi connectivity index (χ2n) is 5.89. The van der Waals surface area contributed by atoms with Crippen LogP contribution >= 0.6 is 11.3 Å². The molecule has 1 N–H and O–H groups in total. The van der Waals surface area contributed by atoms with E-state index in [1.54, 1.807) is 30.3 Å². The highest BCUT2D eigenvalue weighted by molar-refractivity contribution is 7.91. The first-order valence-corrected chi connectivity index (χ1v) is 10.6. The summed E-state index contributed by atoms with van der Waals surface area (Å²) in [7, 11) is -2.89. The Kier molecular flexibility index (Phi) is 5.51. The number of hydrogen-bond acceptors (Lipinski definition) is 5. The van der Waals surface area contributed by atoms with E-state index < -0.39 is 9.84 Å². The summed E-state index contributed by atoms with van der Waals surface area (Å²) in [5, 5.41) is 2.83. The Bertz CT molecular complexity index is 850. The Morgan fingerprint density at radius 2 is 1.88 bits per heavy atom. The molecule has 2 heterocycles. The van der Waals surface area contributed by atoms with Gasteiger partial charge in [0.2, 0.25) is 0 Å². The molecule has 0 saturated carbocycles. The molecular formula is C17H19FN2O3S2. The third-order valence-corrected chi connectivity index (χ3v) is 6.85. The van der Waals surface area contributed by atoms with Crippen molar-refractivity contribution in [1.82, 2.24) is 10.2 Å². The normalized spacial score (nSPS) is 17.3. The van der Waals surface area contributed by atoms with Gasteiger partial charge in [0.1, 0.15) is 5.82 Å². The minimum atomic E-state index is -2.89. The molecule has 0 spiro atoms. The summed E-state index contributed by atoms with van der Waals surface area (Å²) < 4.78 is 36.6. The van der Waals surface area contributed by atoms with Gasteiger partial charge in [-0.1, -0.05) is 18.2 Å². The van der Waals surface area contributed by atoms with Gasteiger partial charge in [-0.2, -0.15) is 0 Å². The number of carbonyl (C=O) groups is 1. The molecule has 1 aromatic carbocycles. The van der Waals surface area contributed by atoms with E-state index in [0.29, 0.717) is 41.5 Å². The van der Waals surface area contributed by atoms with Crippen LogP contribution in [0, 0.1) is 5.82 Å². The fraction of sp³-hybridized carbons (Fsp3) is 0.353. The van der Waals surface area contributed by atoms with Gasteiger partial charge in [-0.05, 0) is 18.2 Å². The van der Waals surface area contributed by atoms with E-state index in [9.17, 15) is 17.6 Å². The molecule has 0 bridgehead atoms. The maximum atomic E-state index is 13.8. The highest BCUT2D eigenvalue weighted by atomic mass is 32.2. The number of thiophene rings is 1. The van der Waals surface area contributed by atoms with E-state index in [2.05, 4.69) is 5.32 Å². The van der Waals surface area contributed by atoms with Crippen molar-refractivity contribution in [2.45, 2.75) is 0 Å². The molecule has 1 aliphatic heterocycles. The number of carbonyl (C=O) groups excluding carboxylic acids is 1. The van der Waals surface area contributed by atoms with Gasteiger partial charge >= 0.3 is 0 Å². The molecule has 2 aromatic rings. The summed E-state index contributed by atoms with van der Waals surface area (Å²) >= 11 is 1.25. The SMILES string of the molecule is O=C(NCCN1CCS(=O)(=O)CC1)c1ccc(-c2ccccc2F)s1. The number of sulfone groups is 1. The van der Waals surface area contributed by atoms with E-state index in [4.69, 9.17) is 0 Å². The smallest absolute Gasteiger partial charge is 0.261 e. The zero-order valence-electron chi connectivity index (χ0n) is 13.6. The fourth-order valence-corrected chi connectivity index (χ4v) is 4.88. The average molecular weight is 382 g/mol. The highest BCUT2D eigenvalue weighted by Crippen LogP contribution is 2.29. The number of hydrogen-bond donors (Lipinski definition) is 1. The Morgan fingerprint density at radius 1 is 1.16 bits per heavy atom. The Morgan fingerprint density at radius 3 is 2.60 bits per heavy atom. The van der Waals surface area contributed by atoms with Gasteiger partial charge < -0.3 is 5.32 Å². The van der Waals surface area contributed by atoms with Crippen molar-refractivity contribution in [1.29, 1.82) is 0 Å². The van der Waals surface area contributed by atoms with Gasteiger partial charge in [0, 0.05) is 36.6 Å². The molecule has 0 radical (unpaired) electrons. The third kappa shape index (κ3) is 4.65. The zero-order chi connectivity index (χ0) is 17.9. The van der Waals surface area contributed by atoms with Crippen LogP contribution in [-0.4, -0.2) is 56.9 Å². The lowest BCUT2D eigenvalue weighted by molar-refractivity contribution is 0.0952. The predicted molar refractivity (Wildman–Crippen MR) is 97.1 cm³/mol. The molecule has 1 fully saturated rings. The van der Waals surface area contributed by atoms with Crippen molar-refractivity contribution in [3.8, 4) is 10.4 Å². The lowest BCUT2D eigenvalue weighted by atomic mass is 10.2. The zero-order valence-corrected chi connectivity index (χ0v) is 15.2. The lowest BCUT2D eigenvalue weighted by Gasteiger charge is -2.26. The van der Waals surface area contributed by atoms with Crippen LogP contribution in [0.1, 0.15) is 9.67 Å². The largest absolute Gasteiger partial charge is 0.350 e. The maximum Gasteiger partial charge on any atom is 0.261 e. The van der Waals surface area contributed by atoms with E-state index in [1.165, 1.54) is 17.4 Å². The minimum Gasteiger partial charge on any atom is -0.350 e. The predicted octanol–water partition coefficient (Wildman–Crippen LogP) is 2.01. The maximum absolute atomic E-state index is 13.8.